The van der Waals surface area contributed by atoms with Gasteiger partial charge in [-0.3, -0.25) is 0 Å². The van der Waals surface area contributed by atoms with Gasteiger partial charge in [0.25, 0.3) is 0 Å². The van der Waals surface area contributed by atoms with Gasteiger partial charge in [-0.2, -0.15) is 4.31 Å². The Morgan fingerprint density at radius 2 is 1.86 bits per heavy atom. The van der Waals surface area contributed by atoms with Gasteiger partial charge < -0.3 is 14.0 Å². The number of hydrogen-bond donors (Lipinski definition) is 0. The predicted octanol–water partition coefficient (Wildman–Crippen LogP) is 2.13. The molecule has 0 spiro atoms. The number of nitrogens with zero attached hydrogens (tertiary/aromatic N) is 4. The number of rotatable bonds is 8. The lowest BCUT2D eigenvalue weighted by Crippen LogP contribution is -2.40. The molecule has 1 aliphatic heterocycles. The first kappa shape index (κ1) is 21.1. The third kappa shape index (κ3) is 4.86. The molecule has 10 heteroatoms. The summed E-state index contributed by atoms with van der Waals surface area (Å²) in [6.45, 7) is 6.31. The molecule has 0 atom stereocenters. The van der Waals surface area contributed by atoms with Gasteiger partial charge in [-0.25, -0.2) is 8.42 Å². The zero-order valence-electron chi connectivity index (χ0n) is 16.4. The van der Waals surface area contributed by atoms with Gasteiger partial charge in [0.2, 0.25) is 10.0 Å². The lowest BCUT2D eigenvalue weighted by atomic mass is 10.2. The second-order valence-corrected chi connectivity index (χ2v) is 9.74. The Morgan fingerprint density at radius 3 is 2.46 bits per heavy atom. The van der Waals surface area contributed by atoms with Crippen molar-refractivity contribution in [3.63, 3.8) is 0 Å². The van der Waals surface area contributed by atoms with Gasteiger partial charge in [-0.1, -0.05) is 25.6 Å². The van der Waals surface area contributed by atoms with Crippen LogP contribution in [0.3, 0.4) is 0 Å². The smallest absolute Gasteiger partial charge is 0.243 e. The molecule has 154 valence electrons. The van der Waals surface area contributed by atoms with Gasteiger partial charge >= 0.3 is 0 Å². The molecule has 0 saturated carbocycles. The molecule has 1 aromatic carbocycles. The highest BCUT2D eigenvalue weighted by atomic mass is 32.2. The monoisotopic (exact) mass is 426 g/mol. The van der Waals surface area contributed by atoms with Crippen LogP contribution >= 0.6 is 11.8 Å². The molecule has 1 aliphatic rings. The predicted molar refractivity (Wildman–Crippen MR) is 107 cm³/mol. The quantitative estimate of drug-likeness (QED) is 0.472. The minimum absolute atomic E-state index is 0.274. The first-order valence-electron chi connectivity index (χ1n) is 9.22. The Kier molecular flexibility index (Phi) is 6.97. The highest BCUT2D eigenvalue weighted by Crippen LogP contribution is 2.22. The first-order valence-corrected chi connectivity index (χ1v) is 11.6. The molecule has 1 aromatic heterocycles. The van der Waals surface area contributed by atoms with Crippen molar-refractivity contribution >= 4 is 21.8 Å². The van der Waals surface area contributed by atoms with Gasteiger partial charge in [0, 0.05) is 31.8 Å². The fourth-order valence-electron chi connectivity index (χ4n) is 2.89. The number of thioether (sulfide) groups is 1. The molecule has 0 bridgehead atoms. The number of sulfonamides is 1. The number of aromatic nitrogens is 3. The van der Waals surface area contributed by atoms with Crippen molar-refractivity contribution in [3.8, 4) is 5.75 Å². The van der Waals surface area contributed by atoms with E-state index >= 15 is 0 Å². The van der Waals surface area contributed by atoms with Crippen LogP contribution in [0.1, 0.15) is 25.6 Å². The summed E-state index contributed by atoms with van der Waals surface area (Å²) in [5.74, 6) is 2.65. The fraction of sp³-hybridized carbons (Fsp3) is 0.556. The second kappa shape index (κ2) is 9.25. The van der Waals surface area contributed by atoms with Crippen LogP contribution in [0, 0.1) is 0 Å². The summed E-state index contributed by atoms with van der Waals surface area (Å²) < 4.78 is 39.6. The molecule has 0 amide bonds. The second-order valence-electron chi connectivity index (χ2n) is 6.74. The van der Waals surface area contributed by atoms with Crippen molar-refractivity contribution in [1.82, 2.24) is 19.1 Å². The van der Waals surface area contributed by atoms with Crippen LogP contribution in [0.2, 0.25) is 0 Å². The first-order chi connectivity index (χ1) is 13.4. The minimum Gasteiger partial charge on any atom is -0.493 e. The average molecular weight is 427 g/mol. The molecule has 2 heterocycles. The summed E-state index contributed by atoms with van der Waals surface area (Å²) in [7, 11) is -1.51. The van der Waals surface area contributed by atoms with Crippen molar-refractivity contribution in [3.05, 3.63) is 30.1 Å². The molecular formula is C18H26N4O4S2. The number of hydrogen-bond acceptors (Lipinski definition) is 7. The number of benzene rings is 1. The average Bonchev–Trinajstić information content (AvgIpc) is 3.07. The van der Waals surface area contributed by atoms with E-state index in [1.165, 1.54) is 4.31 Å². The third-order valence-corrected chi connectivity index (χ3v) is 7.30. The van der Waals surface area contributed by atoms with E-state index in [4.69, 9.17) is 9.47 Å². The molecule has 0 unspecified atom stereocenters. The molecule has 8 nitrogen and oxygen atoms in total. The van der Waals surface area contributed by atoms with E-state index in [0.29, 0.717) is 44.6 Å². The van der Waals surface area contributed by atoms with Crippen LogP contribution in [0.15, 0.2) is 34.3 Å². The number of ether oxygens (including phenoxy) is 2. The standard InChI is InChI=1S/C18H26N4O4S2/c1-14(2)17-19-20-18(21(17)3)27-13-12-26-15-4-6-16(7-5-15)28(23,24)22-8-10-25-11-9-22/h4-7,14H,8-13H2,1-3H3. The van der Waals surface area contributed by atoms with Gasteiger partial charge in [0.05, 0.1) is 24.7 Å². The van der Waals surface area contributed by atoms with Crippen LogP contribution in [0.5, 0.6) is 5.75 Å². The molecular weight excluding hydrogens is 400 g/mol. The molecule has 0 radical (unpaired) electrons. The highest BCUT2D eigenvalue weighted by Gasteiger charge is 2.26. The van der Waals surface area contributed by atoms with Crippen LogP contribution in [-0.2, 0) is 21.8 Å². The topological polar surface area (TPSA) is 86.6 Å². The van der Waals surface area contributed by atoms with Crippen molar-refractivity contribution in [1.29, 1.82) is 0 Å². The van der Waals surface area contributed by atoms with E-state index in [0.717, 1.165) is 16.7 Å². The van der Waals surface area contributed by atoms with E-state index in [9.17, 15) is 8.42 Å². The van der Waals surface area contributed by atoms with Crippen LogP contribution < -0.4 is 4.74 Å². The van der Waals surface area contributed by atoms with Gasteiger partial charge in [0.15, 0.2) is 5.16 Å². The summed E-state index contributed by atoms with van der Waals surface area (Å²) in [5, 5.41) is 9.27. The van der Waals surface area contributed by atoms with Crippen molar-refractivity contribution in [2.24, 2.45) is 7.05 Å². The van der Waals surface area contributed by atoms with Crippen molar-refractivity contribution in [2.45, 2.75) is 29.8 Å². The van der Waals surface area contributed by atoms with Gasteiger partial charge in [-0.15, -0.1) is 10.2 Å². The van der Waals surface area contributed by atoms with E-state index < -0.39 is 10.0 Å². The molecule has 0 aliphatic carbocycles. The highest BCUT2D eigenvalue weighted by molar-refractivity contribution is 7.99. The summed E-state index contributed by atoms with van der Waals surface area (Å²) in [6.07, 6.45) is 0. The summed E-state index contributed by atoms with van der Waals surface area (Å²) in [5.41, 5.74) is 0. The van der Waals surface area contributed by atoms with Crippen LogP contribution in [-0.4, -0.2) is 66.2 Å². The minimum atomic E-state index is -3.47. The summed E-state index contributed by atoms with van der Waals surface area (Å²) in [4.78, 5) is 0.274. The van der Waals surface area contributed by atoms with Crippen molar-refractivity contribution < 1.29 is 17.9 Å². The van der Waals surface area contributed by atoms with Crippen molar-refractivity contribution in [2.75, 3.05) is 38.7 Å². The fourth-order valence-corrected chi connectivity index (χ4v) is 5.03. The van der Waals surface area contributed by atoms with Crippen LogP contribution in [0.4, 0.5) is 0 Å². The van der Waals surface area contributed by atoms with E-state index in [1.54, 1.807) is 36.0 Å². The molecule has 28 heavy (non-hydrogen) atoms. The summed E-state index contributed by atoms with van der Waals surface area (Å²) >= 11 is 1.58. The Bertz CT molecular complexity index is 875. The zero-order valence-corrected chi connectivity index (χ0v) is 18.0. The van der Waals surface area contributed by atoms with Gasteiger partial charge in [0.1, 0.15) is 11.6 Å². The molecule has 2 aromatic rings. The van der Waals surface area contributed by atoms with E-state index in [1.807, 2.05) is 11.6 Å². The summed E-state index contributed by atoms with van der Waals surface area (Å²) in [6, 6.07) is 6.56. The Morgan fingerprint density at radius 1 is 1.18 bits per heavy atom. The van der Waals surface area contributed by atoms with Gasteiger partial charge in [-0.05, 0) is 24.3 Å². The molecule has 1 saturated heterocycles. The molecule has 1 fully saturated rings. The molecule has 0 N–H and O–H groups in total. The number of morpholine rings is 1. The Hall–Kier alpha value is -1.62. The third-order valence-electron chi connectivity index (χ3n) is 4.40. The zero-order chi connectivity index (χ0) is 20.1. The lowest BCUT2D eigenvalue weighted by Gasteiger charge is -2.26. The van der Waals surface area contributed by atoms with E-state index in [2.05, 4.69) is 24.0 Å². The maximum atomic E-state index is 12.6. The largest absolute Gasteiger partial charge is 0.493 e. The normalized spacial score (nSPS) is 15.9. The SMILES string of the molecule is CC(C)c1nnc(SCCOc2ccc(S(=O)(=O)N3CCOCC3)cc2)n1C. The van der Waals surface area contributed by atoms with E-state index in [-0.39, 0.29) is 4.90 Å². The maximum absolute atomic E-state index is 12.6. The maximum Gasteiger partial charge on any atom is 0.243 e. The lowest BCUT2D eigenvalue weighted by molar-refractivity contribution is 0.0730. The Balaban J connectivity index is 1.51. The van der Waals surface area contributed by atoms with Crippen LogP contribution in [0.25, 0.3) is 0 Å². The molecule has 3 rings (SSSR count). The Labute approximate surface area is 170 Å².